The van der Waals surface area contributed by atoms with E-state index in [1.807, 2.05) is 36.4 Å². The monoisotopic (exact) mass is 233 g/mol. The van der Waals surface area contributed by atoms with Crippen LogP contribution in [0, 0.1) is 0 Å². The molecule has 16 heavy (non-hydrogen) atoms. The number of hydrogen-bond acceptors (Lipinski definition) is 2. The lowest BCUT2D eigenvalue weighted by Crippen LogP contribution is -1.89. The van der Waals surface area contributed by atoms with Crippen LogP contribution in [0.1, 0.15) is 0 Å². The van der Waals surface area contributed by atoms with Crippen LogP contribution >= 0.6 is 11.6 Å². The Bertz CT molecular complexity index is 511. The van der Waals surface area contributed by atoms with Crippen molar-refractivity contribution in [2.45, 2.75) is 0 Å². The number of ether oxygens (including phenoxy) is 1. The fourth-order valence-corrected chi connectivity index (χ4v) is 1.78. The van der Waals surface area contributed by atoms with Crippen LogP contribution in [-0.2, 0) is 0 Å². The van der Waals surface area contributed by atoms with Gasteiger partial charge in [0.1, 0.15) is 5.75 Å². The van der Waals surface area contributed by atoms with Gasteiger partial charge in [-0.25, -0.2) is 0 Å². The van der Waals surface area contributed by atoms with Crippen molar-refractivity contribution in [2.24, 2.45) is 0 Å². The summed E-state index contributed by atoms with van der Waals surface area (Å²) < 4.78 is 5.30. The minimum Gasteiger partial charge on any atom is -0.496 e. The Kier molecular flexibility index (Phi) is 3.02. The van der Waals surface area contributed by atoms with Crippen LogP contribution in [0.25, 0.3) is 11.1 Å². The highest BCUT2D eigenvalue weighted by molar-refractivity contribution is 6.31. The Balaban J connectivity index is 2.58. The van der Waals surface area contributed by atoms with Crippen molar-refractivity contribution in [2.75, 3.05) is 12.8 Å². The maximum Gasteiger partial charge on any atom is 0.126 e. The molecule has 82 valence electrons. The molecule has 0 radical (unpaired) electrons. The van der Waals surface area contributed by atoms with E-state index in [0.29, 0.717) is 5.02 Å². The first-order chi connectivity index (χ1) is 7.70. The van der Waals surface area contributed by atoms with Crippen molar-refractivity contribution < 1.29 is 4.74 Å². The van der Waals surface area contributed by atoms with Crippen molar-refractivity contribution in [3.05, 3.63) is 47.5 Å². The number of hydrogen-bond donors (Lipinski definition) is 1. The second-order valence-corrected chi connectivity index (χ2v) is 3.91. The summed E-state index contributed by atoms with van der Waals surface area (Å²) in [6, 6.07) is 13.1. The van der Waals surface area contributed by atoms with E-state index in [1.165, 1.54) is 0 Å². The smallest absolute Gasteiger partial charge is 0.126 e. The van der Waals surface area contributed by atoms with E-state index in [4.69, 9.17) is 22.1 Å². The zero-order valence-corrected chi connectivity index (χ0v) is 9.66. The van der Waals surface area contributed by atoms with Gasteiger partial charge in [-0.05, 0) is 35.9 Å². The molecule has 0 amide bonds. The number of halogens is 1. The molecule has 2 aromatic rings. The molecular weight excluding hydrogens is 222 g/mol. The van der Waals surface area contributed by atoms with Crippen molar-refractivity contribution in [3.8, 4) is 16.9 Å². The maximum atomic E-state index is 5.98. The van der Waals surface area contributed by atoms with Gasteiger partial charge in [-0.3, -0.25) is 0 Å². The van der Waals surface area contributed by atoms with E-state index in [9.17, 15) is 0 Å². The molecule has 0 fully saturated rings. The summed E-state index contributed by atoms with van der Waals surface area (Å²) >= 11 is 5.98. The largest absolute Gasteiger partial charge is 0.496 e. The molecule has 2 nitrogen and oxygen atoms in total. The number of anilines is 1. The van der Waals surface area contributed by atoms with Crippen molar-refractivity contribution in [1.29, 1.82) is 0 Å². The molecule has 0 bridgehead atoms. The van der Waals surface area contributed by atoms with Crippen LogP contribution in [0.4, 0.5) is 5.69 Å². The molecule has 2 aromatic carbocycles. The normalized spacial score (nSPS) is 10.1. The second-order valence-electron chi connectivity index (χ2n) is 3.47. The fourth-order valence-electron chi connectivity index (χ4n) is 1.61. The lowest BCUT2D eigenvalue weighted by molar-refractivity contribution is 0.416. The average molecular weight is 234 g/mol. The highest BCUT2D eigenvalue weighted by Gasteiger charge is 2.06. The quantitative estimate of drug-likeness (QED) is 0.805. The van der Waals surface area contributed by atoms with Crippen molar-refractivity contribution >= 4 is 17.3 Å². The summed E-state index contributed by atoms with van der Waals surface area (Å²) in [7, 11) is 1.64. The Morgan fingerprint density at radius 1 is 1.12 bits per heavy atom. The summed E-state index contributed by atoms with van der Waals surface area (Å²) in [6.07, 6.45) is 0. The summed E-state index contributed by atoms with van der Waals surface area (Å²) in [5.41, 5.74) is 8.42. The third kappa shape index (κ3) is 2.12. The molecule has 0 atom stereocenters. The van der Waals surface area contributed by atoms with E-state index >= 15 is 0 Å². The first-order valence-corrected chi connectivity index (χ1v) is 5.28. The third-order valence-corrected chi connectivity index (χ3v) is 2.59. The number of nitrogen functional groups attached to an aromatic ring is 1. The molecule has 0 heterocycles. The van der Waals surface area contributed by atoms with E-state index < -0.39 is 0 Å². The molecule has 0 saturated heterocycles. The predicted octanol–water partition coefficient (Wildman–Crippen LogP) is 3.60. The molecule has 0 unspecified atom stereocenters. The minimum absolute atomic E-state index is 0.679. The minimum atomic E-state index is 0.679. The van der Waals surface area contributed by atoms with Crippen LogP contribution in [-0.4, -0.2) is 7.11 Å². The summed E-state index contributed by atoms with van der Waals surface area (Å²) in [4.78, 5) is 0. The molecule has 2 N–H and O–H groups in total. The molecular formula is C13H12ClNO. The highest BCUT2D eigenvalue weighted by Crippen LogP contribution is 2.33. The van der Waals surface area contributed by atoms with Crippen LogP contribution in [0.3, 0.4) is 0 Å². The summed E-state index contributed by atoms with van der Waals surface area (Å²) in [5.74, 6) is 0.787. The molecule has 2 rings (SSSR count). The van der Waals surface area contributed by atoms with Crippen molar-refractivity contribution in [1.82, 2.24) is 0 Å². The average Bonchev–Trinajstić information content (AvgIpc) is 2.29. The molecule has 0 aromatic heterocycles. The fraction of sp³-hybridized carbons (Fsp3) is 0.0769. The zero-order valence-electron chi connectivity index (χ0n) is 8.91. The van der Waals surface area contributed by atoms with E-state index in [1.54, 1.807) is 13.2 Å². The van der Waals surface area contributed by atoms with Crippen molar-refractivity contribution in [3.63, 3.8) is 0 Å². The number of benzene rings is 2. The van der Waals surface area contributed by atoms with Gasteiger partial charge in [0.15, 0.2) is 0 Å². The summed E-state index contributed by atoms with van der Waals surface area (Å²) in [5, 5.41) is 0.679. The van der Waals surface area contributed by atoms with E-state index in [0.717, 1.165) is 22.6 Å². The van der Waals surface area contributed by atoms with E-state index in [2.05, 4.69) is 0 Å². The Labute approximate surface area is 99.6 Å². The zero-order chi connectivity index (χ0) is 11.5. The van der Waals surface area contributed by atoms with Gasteiger partial charge in [0.25, 0.3) is 0 Å². The first kappa shape index (κ1) is 10.8. The number of rotatable bonds is 2. The highest BCUT2D eigenvalue weighted by atomic mass is 35.5. The van der Waals surface area contributed by atoms with Gasteiger partial charge in [-0.1, -0.05) is 23.7 Å². The lowest BCUT2D eigenvalue weighted by atomic mass is 10.0. The number of methoxy groups -OCH3 is 1. The van der Waals surface area contributed by atoms with E-state index in [-0.39, 0.29) is 0 Å². The molecule has 3 heteroatoms. The van der Waals surface area contributed by atoms with Crippen LogP contribution in [0.2, 0.25) is 5.02 Å². The number of nitrogens with two attached hydrogens (primary N) is 1. The molecule has 0 saturated carbocycles. The second kappa shape index (κ2) is 4.45. The standard InChI is InChI=1S/C13H12ClNO/c1-16-13-6-5-10(14)8-12(13)9-3-2-4-11(15)7-9/h2-8H,15H2,1H3. The predicted molar refractivity (Wildman–Crippen MR) is 67.9 cm³/mol. The van der Waals surface area contributed by atoms with Gasteiger partial charge in [0, 0.05) is 16.3 Å². The van der Waals surface area contributed by atoms with Crippen LogP contribution in [0.5, 0.6) is 5.75 Å². The van der Waals surface area contributed by atoms with Gasteiger partial charge in [-0.15, -0.1) is 0 Å². The van der Waals surface area contributed by atoms with Gasteiger partial charge in [-0.2, -0.15) is 0 Å². The topological polar surface area (TPSA) is 35.2 Å². The SMILES string of the molecule is COc1ccc(Cl)cc1-c1cccc(N)c1. The molecule has 0 aliphatic carbocycles. The Hall–Kier alpha value is -1.67. The third-order valence-electron chi connectivity index (χ3n) is 2.36. The molecule has 0 aliphatic heterocycles. The van der Waals surface area contributed by atoms with Gasteiger partial charge in [0.2, 0.25) is 0 Å². The van der Waals surface area contributed by atoms with Gasteiger partial charge in [0.05, 0.1) is 7.11 Å². The van der Waals surface area contributed by atoms with Gasteiger partial charge < -0.3 is 10.5 Å². The molecule has 0 aliphatic rings. The van der Waals surface area contributed by atoms with Crippen LogP contribution in [0.15, 0.2) is 42.5 Å². The maximum absolute atomic E-state index is 5.98. The Morgan fingerprint density at radius 2 is 1.94 bits per heavy atom. The van der Waals surface area contributed by atoms with Gasteiger partial charge >= 0.3 is 0 Å². The lowest BCUT2D eigenvalue weighted by Gasteiger charge is -2.09. The Morgan fingerprint density at radius 3 is 2.62 bits per heavy atom. The first-order valence-electron chi connectivity index (χ1n) is 4.90. The van der Waals surface area contributed by atoms with Crippen LogP contribution < -0.4 is 10.5 Å². The summed E-state index contributed by atoms with van der Waals surface area (Å²) in [6.45, 7) is 0. The molecule has 0 spiro atoms.